The number of benzene rings is 1. The van der Waals surface area contributed by atoms with Crippen molar-refractivity contribution in [2.45, 2.75) is 37.5 Å². The molecule has 1 amide bonds. The molecule has 1 aromatic carbocycles. The van der Waals surface area contributed by atoms with Crippen molar-refractivity contribution < 1.29 is 14.3 Å². The van der Waals surface area contributed by atoms with Crippen LogP contribution in [0.1, 0.15) is 30.9 Å². The third-order valence-corrected chi connectivity index (χ3v) is 5.45. The highest BCUT2D eigenvalue weighted by Crippen LogP contribution is 2.41. The highest BCUT2D eigenvalue weighted by molar-refractivity contribution is 5.80. The zero-order chi connectivity index (χ0) is 15.8. The molecule has 0 aromatic heterocycles. The van der Waals surface area contributed by atoms with E-state index in [1.165, 1.54) is 0 Å². The lowest BCUT2D eigenvalue weighted by atomic mass is 9.87. The number of nitrogens with one attached hydrogen (secondary N) is 1. The molecule has 3 heterocycles. The second kappa shape index (κ2) is 6.13. The van der Waals surface area contributed by atoms with Crippen molar-refractivity contribution in [3.05, 3.63) is 29.8 Å². The Morgan fingerprint density at radius 1 is 1.35 bits per heavy atom. The molecule has 3 aliphatic rings. The number of fused-ring (bicyclic) bond motifs is 2. The van der Waals surface area contributed by atoms with Gasteiger partial charge in [0.25, 0.3) is 0 Å². The quantitative estimate of drug-likeness (QED) is 0.923. The van der Waals surface area contributed by atoms with Gasteiger partial charge >= 0.3 is 0 Å². The van der Waals surface area contributed by atoms with E-state index in [2.05, 4.69) is 11.4 Å². The van der Waals surface area contributed by atoms with Crippen molar-refractivity contribution >= 4 is 5.91 Å². The van der Waals surface area contributed by atoms with Crippen molar-refractivity contribution in [2.75, 3.05) is 26.7 Å². The first-order valence-corrected chi connectivity index (χ1v) is 8.57. The van der Waals surface area contributed by atoms with E-state index in [9.17, 15) is 4.79 Å². The van der Waals surface area contributed by atoms with Crippen LogP contribution in [0.4, 0.5) is 0 Å². The standard InChI is InChI=1S/C18H24N2O3/c1-22-16-5-3-2-4-13(16)15-11-19-8-9-20(15)18(21)14-10-12-6-7-17(14)23-12/h2-5,12,14-15,17,19H,6-11H2,1H3. The van der Waals surface area contributed by atoms with Gasteiger partial charge in [0.15, 0.2) is 0 Å². The fourth-order valence-corrected chi connectivity index (χ4v) is 4.30. The van der Waals surface area contributed by atoms with Gasteiger partial charge in [0.2, 0.25) is 5.91 Å². The number of hydrogen-bond acceptors (Lipinski definition) is 4. The summed E-state index contributed by atoms with van der Waals surface area (Å²) < 4.78 is 11.4. The van der Waals surface area contributed by atoms with E-state index in [0.29, 0.717) is 6.10 Å². The van der Waals surface area contributed by atoms with E-state index < -0.39 is 0 Å². The first kappa shape index (κ1) is 15.0. The van der Waals surface area contributed by atoms with Crippen LogP contribution in [0.5, 0.6) is 5.75 Å². The predicted molar refractivity (Wildman–Crippen MR) is 86.3 cm³/mol. The van der Waals surface area contributed by atoms with E-state index >= 15 is 0 Å². The molecule has 124 valence electrons. The maximum atomic E-state index is 13.2. The summed E-state index contributed by atoms with van der Waals surface area (Å²) in [7, 11) is 1.69. The number of amides is 1. The number of nitrogens with zero attached hydrogens (tertiary/aromatic N) is 1. The minimum absolute atomic E-state index is 0.0338. The molecule has 23 heavy (non-hydrogen) atoms. The van der Waals surface area contributed by atoms with Gasteiger partial charge in [-0.3, -0.25) is 4.79 Å². The zero-order valence-corrected chi connectivity index (χ0v) is 13.5. The number of hydrogen-bond donors (Lipinski definition) is 1. The summed E-state index contributed by atoms with van der Waals surface area (Å²) in [6.07, 6.45) is 3.49. The SMILES string of the molecule is COc1ccccc1C1CNCCN1C(=O)C1CC2CCC1O2. The average Bonchev–Trinajstić information content (AvgIpc) is 3.24. The van der Waals surface area contributed by atoms with Gasteiger partial charge in [0.05, 0.1) is 31.3 Å². The van der Waals surface area contributed by atoms with Crippen molar-refractivity contribution in [2.24, 2.45) is 5.92 Å². The number of carbonyl (C=O) groups is 1. The van der Waals surface area contributed by atoms with Crippen molar-refractivity contribution in [1.29, 1.82) is 0 Å². The molecule has 1 aromatic rings. The molecule has 4 rings (SSSR count). The van der Waals surface area contributed by atoms with E-state index in [1.807, 2.05) is 23.1 Å². The Labute approximate surface area is 136 Å². The van der Waals surface area contributed by atoms with E-state index in [0.717, 1.165) is 50.2 Å². The molecular weight excluding hydrogens is 292 g/mol. The summed E-state index contributed by atoms with van der Waals surface area (Å²) in [6, 6.07) is 8.04. The molecule has 4 unspecified atom stereocenters. The third kappa shape index (κ3) is 2.62. The highest BCUT2D eigenvalue weighted by Gasteiger charge is 2.47. The first-order chi connectivity index (χ1) is 11.3. The lowest BCUT2D eigenvalue weighted by Crippen LogP contribution is -2.51. The monoisotopic (exact) mass is 316 g/mol. The molecule has 4 atom stereocenters. The topological polar surface area (TPSA) is 50.8 Å². The summed E-state index contributed by atoms with van der Waals surface area (Å²) in [5, 5.41) is 3.41. The largest absolute Gasteiger partial charge is 0.496 e. The van der Waals surface area contributed by atoms with Crippen LogP contribution in [0.15, 0.2) is 24.3 Å². The summed E-state index contributed by atoms with van der Waals surface area (Å²) in [5.74, 6) is 1.15. The van der Waals surface area contributed by atoms with Crippen molar-refractivity contribution in [3.63, 3.8) is 0 Å². The van der Waals surface area contributed by atoms with Gasteiger partial charge in [-0.1, -0.05) is 18.2 Å². The predicted octanol–water partition coefficient (Wildman–Crippen LogP) is 1.74. The highest BCUT2D eigenvalue weighted by atomic mass is 16.5. The maximum Gasteiger partial charge on any atom is 0.229 e. The molecule has 5 nitrogen and oxygen atoms in total. The fraction of sp³-hybridized carbons (Fsp3) is 0.611. The Hall–Kier alpha value is -1.59. The van der Waals surface area contributed by atoms with Crippen LogP contribution in [-0.4, -0.2) is 49.8 Å². The number of ether oxygens (including phenoxy) is 2. The summed E-state index contributed by atoms with van der Waals surface area (Å²) >= 11 is 0. The molecule has 2 bridgehead atoms. The normalized spacial score (nSPS) is 33.0. The number of carbonyl (C=O) groups excluding carboxylic acids is 1. The molecular formula is C18H24N2O3. The van der Waals surface area contributed by atoms with Gasteiger partial charge < -0.3 is 19.7 Å². The van der Waals surface area contributed by atoms with E-state index in [4.69, 9.17) is 9.47 Å². The van der Waals surface area contributed by atoms with Gasteiger partial charge in [-0.15, -0.1) is 0 Å². The molecule has 5 heteroatoms. The lowest BCUT2D eigenvalue weighted by molar-refractivity contribution is -0.140. The number of piperazine rings is 1. The van der Waals surface area contributed by atoms with Crippen LogP contribution in [0.2, 0.25) is 0 Å². The zero-order valence-electron chi connectivity index (χ0n) is 13.5. The molecule has 0 spiro atoms. The van der Waals surface area contributed by atoms with Crippen LogP contribution in [-0.2, 0) is 9.53 Å². The Morgan fingerprint density at radius 3 is 2.96 bits per heavy atom. The minimum atomic E-state index is 0.0338. The summed E-state index contributed by atoms with van der Waals surface area (Å²) in [5.41, 5.74) is 1.08. The Bertz CT molecular complexity index is 591. The smallest absolute Gasteiger partial charge is 0.229 e. The van der Waals surface area contributed by atoms with Crippen LogP contribution in [0.25, 0.3) is 0 Å². The molecule has 0 aliphatic carbocycles. The van der Waals surface area contributed by atoms with E-state index in [1.54, 1.807) is 7.11 Å². The molecule has 0 radical (unpaired) electrons. The van der Waals surface area contributed by atoms with Crippen LogP contribution in [0, 0.1) is 5.92 Å². The second-order valence-electron chi connectivity index (χ2n) is 6.71. The summed E-state index contributed by atoms with van der Waals surface area (Å²) in [6.45, 7) is 2.36. The molecule has 3 saturated heterocycles. The Balaban J connectivity index is 1.59. The molecule has 1 N–H and O–H groups in total. The molecule has 0 saturated carbocycles. The van der Waals surface area contributed by atoms with E-state index in [-0.39, 0.29) is 24.0 Å². The third-order valence-electron chi connectivity index (χ3n) is 5.45. The van der Waals surface area contributed by atoms with Crippen molar-refractivity contribution in [3.8, 4) is 5.75 Å². The number of para-hydroxylation sites is 1. The van der Waals surface area contributed by atoms with Crippen LogP contribution in [0.3, 0.4) is 0 Å². The average molecular weight is 316 g/mol. The summed E-state index contributed by atoms with van der Waals surface area (Å²) in [4.78, 5) is 15.2. The maximum absolute atomic E-state index is 13.2. The number of rotatable bonds is 3. The van der Waals surface area contributed by atoms with Gasteiger partial charge in [0, 0.05) is 25.2 Å². The van der Waals surface area contributed by atoms with Gasteiger partial charge in [-0.2, -0.15) is 0 Å². The Kier molecular flexibility index (Phi) is 3.99. The second-order valence-corrected chi connectivity index (χ2v) is 6.71. The molecule has 3 aliphatic heterocycles. The van der Waals surface area contributed by atoms with Crippen molar-refractivity contribution in [1.82, 2.24) is 10.2 Å². The first-order valence-electron chi connectivity index (χ1n) is 8.57. The van der Waals surface area contributed by atoms with Crippen LogP contribution >= 0.6 is 0 Å². The van der Waals surface area contributed by atoms with Gasteiger partial charge in [-0.25, -0.2) is 0 Å². The number of methoxy groups -OCH3 is 1. The fourth-order valence-electron chi connectivity index (χ4n) is 4.30. The minimum Gasteiger partial charge on any atom is -0.496 e. The Morgan fingerprint density at radius 2 is 2.22 bits per heavy atom. The lowest BCUT2D eigenvalue weighted by Gasteiger charge is -2.39. The van der Waals surface area contributed by atoms with Gasteiger partial charge in [-0.05, 0) is 25.3 Å². The molecule has 3 fully saturated rings. The van der Waals surface area contributed by atoms with Gasteiger partial charge in [0.1, 0.15) is 5.75 Å². The van der Waals surface area contributed by atoms with Crippen LogP contribution < -0.4 is 10.1 Å².